The van der Waals surface area contributed by atoms with Crippen molar-refractivity contribution in [1.29, 1.82) is 0 Å². The fourth-order valence-corrected chi connectivity index (χ4v) is 2.36. The van der Waals surface area contributed by atoms with Gasteiger partial charge >= 0.3 is 0 Å². The zero-order valence-corrected chi connectivity index (χ0v) is 9.25. The first-order chi connectivity index (χ1) is 6.72. The molecule has 0 saturated heterocycles. The lowest BCUT2D eigenvalue weighted by atomic mass is 10.2. The Balaban J connectivity index is 2.13. The minimum absolute atomic E-state index is 0.661. The third kappa shape index (κ3) is 1.57. The molecule has 3 nitrogen and oxygen atoms in total. The maximum absolute atomic E-state index is 4.35. The molecule has 1 aromatic rings. The Kier molecular flexibility index (Phi) is 2.59. The molecule has 1 heterocycles. The summed E-state index contributed by atoms with van der Waals surface area (Å²) < 4.78 is 2.34. The minimum Gasteiger partial charge on any atom is -0.332 e. The molecule has 0 spiro atoms. The van der Waals surface area contributed by atoms with Crippen LogP contribution in [0.5, 0.6) is 0 Å². The van der Waals surface area contributed by atoms with E-state index in [0.29, 0.717) is 12.1 Å². The van der Waals surface area contributed by atoms with E-state index in [1.165, 1.54) is 25.0 Å². The van der Waals surface area contributed by atoms with Crippen molar-refractivity contribution in [3.05, 3.63) is 17.7 Å². The van der Waals surface area contributed by atoms with Gasteiger partial charge in [-0.15, -0.1) is 0 Å². The second kappa shape index (κ2) is 3.73. The van der Waals surface area contributed by atoms with E-state index in [-0.39, 0.29) is 0 Å². The Hall–Kier alpha value is -0.830. The lowest BCUT2D eigenvalue weighted by Gasteiger charge is -2.14. The van der Waals surface area contributed by atoms with Crippen LogP contribution in [-0.4, -0.2) is 22.6 Å². The Morgan fingerprint density at radius 3 is 2.71 bits per heavy atom. The molecule has 0 amide bonds. The van der Waals surface area contributed by atoms with Gasteiger partial charge in [0.25, 0.3) is 0 Å². The van der Waals surface area contributed by atoms with Crippen LogP contribution in [0.15, 0.2) is 6.33 Å². The van der Waals surface area contributed by atoms with E-state index in [0.717, 1.165) is 5.69 Å². The van der Waals surface area contributed by atoms with Crippen LogP contribution < -0.4 is 5.32 Å². The number of aryl methyl sites for hydroxylation is 1. The number of imidazole rings is 1. The second-order valence-electron chi connectivity index (χ2n) is 4.28. The van der Waals surface area contributed by atoms with Gasteiger partial charge in [0, 0.05) is 17.8 Å². The molecule has 0 radical (unpaired) electrons. The Bertz CT molecular complexity index is 316. The van der Waals surface area contributed by atoms with E-state index < -0.39 is 0 Å². The Labute approximate surface area is 85.5 Å². The molecule has 2 atom stereocenters. The average Bonchev–Trinajstić information content (AvgIpc) is 2.75. The predicted molar refractivity (Wildman–Crippen MR) is 57.4 cm³/mol. The van der Waals surface area contributed by atoms with Crippen molar-refractivity contribution >= 4 is 0 Å². The summed E-state index contributed by atoms with van der Waals surface area (Å²) in [6, 6.07) is 1.36. The van der Waals surface area contributed by atoms with E-state index in [1.54, 1.807) is 0 Å². The maximum Gasteiger partial charge on any atom is 0.0954 e. The van der Waals surface area contributed by atoms with Crippen molar-refractivity contribution in [3.8, 4) is 0 Å². The first-order valence-electron chi connectivity index (χ1n) is 5.39. The Morgan fingerprint density at radius 2 is 2.21 bits per heavy atom. The van der Waals surface area contributed by atoms with E-state index in [4.69, 9.17) is 0 Å². The van der Waals surface area contributed by atoms with Crippen LogP contribution in [-0.2, 0) is 0 Å². The summed E-state index contributed by atoms with van der Waals surface area (Å²) in [7, 11) is 2.05. The quantitative estimate of drug-likeness (QED) is 0.776. The standard InChI is InChI=1S/C11H19N3/c1-8-9(2)14(7-13-8)11-5-4-10(6-11)12-3/h7,10-12H,4-6H2,1-3H3. The molecular weight excluding hydrogens is 174 g/mol. The van der Waals surface area contributed by atoms with Gasteiger partial charge in [0.05, 0.1) is 12.0 Å². The summed E-state index contributed by atoms with van der Waals surface area (Å²) in [5.41, 5.74) is 2.49. The summed E-state index contributed by atoms with van der Waals surface area (Å²) in [6.07, 6.45) is 5.81. The lowest BCUT2D eigenvalue weighted by Crippen LogP contribution is -2.21. The number of hydrogen-bond donors (Lipinski definition) is 1. The molecule has 1 aliphatic rings. The molecule has 14 heavy (non-hydrogen) atoms. The number of nitrogens with one attached hydrogen (secondary N) is 1. The van der Waals surface area contributed by atoms with Crippen LogP contribution in [0.2, 0.25) is 0 Å². The van der Waals surface area contributed by atoms with Gasteiger partial charge in [-0.2, -0.15) is 0 Å². The molecule has 0 aromatic carbocycles. The van der Waals surface area contributed by atoms with Gasteiger partial charge < -0.3 is 9.88 Å². The number of hydrogen-bond acceptors (Lipinski definition) is 2. The summed E-state index contributed by atoms with van der Waals surface area (Å²) in [5, 5.41) is 3.36. The van der Waals surface area contributed by atoms with Crippen molar-refractivity contribution < 1.29 is 0 Å². The highest BCUT2D eigenvalue weighted by atomic mass is 15.1. The molecule has 1 aromatic heterocycles. The number of nitrogens with zero attached hydrogens (tertiary/aromatic N) is 2. The molecule has 3 heteroatoms. The van der Waals surface area contributed by atoms with Crippen LogP contribution in [0.1, 0.15) is 36.7 Å². The highest BCUT2D eigenvalue weighted by molar-refractivity contribution is 5.10. The average molecular weight is 193 g/mol. The predicted octanol–water partition coefficient (Wildman–Crippen LogP) is 1.81. The van der Waals surface area contributed by atoms with E-state index in [1.807, 2.05) is 6.33 Å². The van der Waals surface area contributed by atoms with Crippen molar-refractivity contribution in [2.75, 3.05) is 7.05 Å². The van der Waals surface area contributed by atoms with Crippen molar-refractivity contribution in [2.45, 2.75) is 45.2 Å². The second-order valence-corrected chi connectivity index (χ2v) is 4.28. The molecule has 1 fully saturated rings. The molecule has 78 valence electrons. The highest BCUT2D eigenvalue weighted by Gasteiger charge is 2.25. The SMILES string of the molecule is CNC1CCC(n2cnc(C)c2C)C1. The minimum atomic E-state index is 0.661. The third-order valence-electron chi connectivity index (χ3n) is 3.49. The van der Waals surface area contributed by atoms with Gasteiger partial charge in [-0.3, -0.25) is 0 Å². The fraction of sp³-hybridized carbons (Fsp3) is 0.727. The van der Waals surface area contributed by atoms with Crippen LogP contribution in [0.4, 0.5) is 0 Å². The molecular formula is C11H19N3. The van der Waals surface area contributed by atoms with Crippen molar-refractivity contribution in [2.24, 2.45) is 0 Å². The normalized spacial score (nSPS) is 27.1. The topological polar surface area (TPSA) is 29.9 Å². The van der Waals surface area contributed by atoms with Gasteiger partial charge in [0.2, 0.25) is 0 Å². The first-order valence-corrected chi connectivity index (χ1v) is 5.39. The third-order valence-corrected chi connectivity index (χ3v) is 3.49. The summed E-state index contributed by atoms with van der Waals surface area (Å²) in [6.45, 7) is 4.24. The summed E-state index contributed by atoms with van der Waals surface area (Å²) in [5.74, 6) is 0. The molecule has 1 saturated carbocycles. The van der Waals surface area contributed by atoms with E-state index in [2.05, 4.69) is 35.8 Å². The molecule has 2 rings (SSSR count). The zero-order chi connectivity index (χ0) is 10.1. The van der Waals surface area contributed by atoms with Gasteiger partial charge in [-0.1, -0.05) is 0 Å². The highest BCUT2D eigenvalue weighted by Crippen LogP contribution is 2.31. The van der Waals surface area contributed by atoms with Crippen molar-refractivity contribution in [3.63, 3.8) is 0 Å². The van der Waals surface area contributed by atoms with Crippen molar-refractivity contribution in [1.82, 2.24) is 14.9 Å². The number of rotatable bonds is 2. The van der Waals surface area contributed by atoms with Gasteiger partial charge in [-0.25, -0.2) is 4.98 Å². The molecule has 1 N–H and O–H groups in total. The molecule has 2 unspecified atom stereocenters. The van der Waals surface area contributed by atoms with Crippen LogP contribution in [0.25, 0.3) is 0 Å². The fourth-order valence-electron chi connectivity index (χ4n) is 2.36. The molecule has 0 bridgehead atoms. The van der Waals surface area contributed by atoms with Gasteiger partial charge in [-0.05, 0) is 40.2 Å². The van der Waals surface area contributed by atoms with E-state index >= 15 is 0 Å². The molecule has 0 aliphatic heterocycles. The van der Waals surface area contributed by atoms with Crippen LogP contribution >= 0.6 is 0 Å². The zero-order valence-electron chi connectivity index (χ0n) is 9.25. The van der Waals surface area contributed by atoms with Gasteiger partial charge in [0.15, 0.2) is 0 Å². The maximum atomic E-state index is 4.35. The first kappa shape index (κ1) is 9.71. The largest absolute Gasteiger partial charge is 0.332 e. The smallest absolute Gasteiger partial charge is 0.0954 e. The monoisotopic (exact) mass is 193 g/mol. The lowest BCUT2D eigenvalue weighted by molar-refractivity contribution is 0.484. The van der Waals surface area contributed by atoms with Crippen LogP contribution in [0.3, 0.4) is 0 Å². The molecule has 1 aliphatic carbocycles. The Morgan fingerprint density at radius 1 is 1.43 bits per heavy atom. The van der Waals surface area contributed by atoms with Crippen LogP contribution in [0, 0.1) is 13.8 Å². The summed E-state index contributed by atoms with van der Waals surface area (Å²) >= 11 is 0. The number of aromatic nitrogens is 2. The summed E-state index contributed by atoms with van der Waals surface area (Å²) in [4.78, 5) is 4.35. The van der Waals surface area contributed by atoms with E-state index in [9.17, 15) is 0 Å². The van der Waals surface area contributed by atoms with Gasteiger partial charge in [0.1, 0.15) is 0 Å².